The van der Waals surface area contributed by atoms with Gasteiger partial charge in [0.1, 0.15) is 11.3 Å². The maximum atomic E-state index is 12.5. The van der Waals surface area contributed by atoms with Gasteiger partial charge in [-0.3, -0.25) is 9.59 Å². The minimum absolute atomic E-state index is 0.0106. The smallest absolute Gasteiger partial charge is 0.229 e. The number of carbonyl (C=O) groups is 1. The number of carbonyl (C=O) groups excluding carboxylic acids is 1. The molecule has 1 N–H and O–H groups in total. The van der Waals surface area contributed by atoms with Crippen LogP contribution in [0.5, 0.6) is 5.75 Å². The van der Waals surface area contributed by atoms with Crippen molar-refractivity contribution in [2.24, 2.45) is 0 Å². The Kier molecular flexibility index (Phi) is 1.96. The molecule has 1 heterocycles. The van der Waals surface area contributed by atoms with Crippen LogP contribution in [0.15, 0.2) is 51.7 Å². The summed E-state index contributed by atoms with van der Waals surface area (Å²) in [6, 6.07) is 11.2. The van der Waals surface area contributed by atoms with E-state index in [1.54, 1.807) is 24.3 Å². The number of hydrogen-bond donors (Lipinski definition) is 1. The molecule has 0 fully saturated rings. The Balaban J connectivity index is 2.21. The van der Waals surface area contributed by atoms with Gasteiger partial charge in [0, 0.05) is 17.2 Å². The first-order chi connectivity index (χ1) is 9.66. The molecule has 0 saturated heterocycles. The van der Waals surface area contributed by atoms with Crippen molar-refractivity contribution in [3.63, 3.8) is 0 Å². The van der Waals surface area contributed by atoms with E-state index in [-0.39, 0.29) is 28.3 Å². The number of phenolic OH excluding ortho intramolecular Hbond substituents is 1. The second kappa shape index (κ2) is 3.57. The number of rotatable bonds is 0. The van der Waals surface area contributed by atoms with Crippen LogP contribution in [0.3, 0.4) is 0 Å². The highest BCUT2D eigenvalue weighted by molar-refractivity contribution is 6.20. The maximum Gasteiger partial charge on any atom is 0.229 e. The van der Waals surface area contributed by atoms with E-state index in [4.69, 9.17) is 4.42 Å². The van der Waals surface area contributed by atoms with E-state index < -0.39 is 0 Å². The molecule has 4 rings (SSSR count). The summed E-state index contributed by atoms with van der Waals surface area (Å²) >= 11 is 0. The molecule has 0 saturated carbocycles. The summed E-state index contributed by atoms with van der Waals surface area (Å²) in [4.78, 5) is 24.8. The monoisotopic (exact) mass is 264 g/mol. The van der Waals surface area contributed by atoms with Crippen molar-refractivity contribution >= 4 is 16.8 Å². The molecule has 20 heavy (non-hydrogen) atoms. The quantitative estimate of drug-likeness (QED) is 0.530. The average Bonchev–Trinajstić information content (AvgIpc) is 2.73. The fourth-order valence-electron chi connectivity index (χ4n) is 2.61. The molecule has 1 aliphatic rings. The van der Waals surface area contributed by atoms with E-state index in [0.29, 0.717) is 22.1 Å². The van der Waals surface area contributed by atoms with Crippen LogP contribution in [-0.4, -0.2) is 10.9 Å². The predicted molar refractivity (Wildman–Crippen MR) is 73.0 cm³/mol. The first-order valence-electron chi connectivity index (χ1n) is 6.11. The molecule has 0 spiro atoms. The van der Waals surface area contributed by atoms with E-state index in [2.05, 4.69) is 0 Å². The van der Waals surface area contributed by atoms with Gasteiger partial charge in [-0.05, 0) is 12.1 Å². The average molecular weight is 264 g/mol. The molecule has 3 aromatic rings. The summed E-state index contributed by atoms with van der Waals surface area (Å²) in [6.45, 7) is 0. The third-order valence-electron chi connectivity index (χ3n) is 3.52. The van der Waals surface area contributed by atoms with Gasteiger partial charge in [0.25, 0.3) is 0 Å². The standard InChI is InChI=1S/C16H8O4/c17-8-5-6-11-12(7-8)20-16-13(14(11)18)9-3-1-2-4-10(9)15(16)19/h1-7,17H. The van der Waals surface area contributed by atoms with E-state index in [1.165, 1.54) is 18.2 Å². The Morgan fingerprint density at radius 1 is 0.950 bits per heavy atom. The molecular weight excluding hydrogens is 256 g/mol. The van der Waals surface area contributed by atoms with Crippen LogP contribution in [0.1, 0.15) is 16.1 Å². The van der Waals surface area contributed by atoms with Crippen molar-refractivity contribution < 1.29 is 14.3 Å². The van der Waals surface area contributed by atoms with Crippen LogP contribution in [0.2, 0.25) is 0 Å². The number of fused-ring (bicyclic) bond motifs is 4. The van der Waals surface area contributed by atoms with Gasteiger partial charge in [0.2, 0.25) is 11.2 Å². The zero-order valence-corrected chi connectivity index (χ0v) is 10.2. The van der Waals surface area contributed by atoms with Gasteiger partial charge < -0.3 is 9.52 Å². The minimum atomic E-state index is -0.294. The third kappa shape index (κ3) is 1.25. The zero-order chi connectivity index (χ0) is 13.9. The van der Waals surface area contributed by atoms with Gasteiger partial charge in [0.15, 0.2) is 5.76 Å². The fraction of sp³-hybridized carbons (Fsp3) is 0. The Morgan fingerprint density at radius 2 is 1.70 bits per heavy atom. The molecule has 0 unspecified atom stereocenters. The summed E-state index contributed by atoms with van der Waals surface area (Å²) in [5, 5.41) is 9.81. The molecule has 1 aliphatic carbocycles. The second-order valence-electron chi connectivity index (χ2n) is 4.69. The van der Waals surface area contributed by atoms with Crippen molar-refractivity contribution in [3.8, 4) is 16.9 Å². The van der Waals surface area contributed by atoms with Crippen LogP contribution >= 0.6 is 0 Å². The van der Waals surface area contributed by atoms with Gasteiger partial charge in [-0.15, -0.1) is 0 Å². The molecule has 4 heteroatoms. The van der Waals surface area contributed by atoms with E-state index in [1.807, 2.05) is 0 Å². The summed E-state index contributed by atoms with van der Waals surface area (Å²) in [6.07, 6.45) is 0. The Bertz CT molecular complexity index is 950. The largest absolute Gasteiger partial charge is 0.508 e. The fourth-order valence-corrected chi connectivity index (χ4v) is 2.61. The van der Waals surface area contributed by atoms with Crippen molar-refractivity contribution in [1.82, 2.24) is 0 Å². The molecule has 0 bridgehead atoms. The maximum absolute atomic E-state index is 12.5. The SMILES string of the molecule is O=C1c2ccccc2-c2c1oc1cc(O)ccc1c2=O. The number of aromatic hydroxyl groups is 1. The molecule has 0 radical (unpaired) electrons. The number of benzene rings is 2. The van der Waals surface area contributed by atoms with E-state index in [9.17, 15) is 14.7 Å². The summed E-state index contributed by atoms with van der Waals surface area (Å²) in [5.41, 5.74) is 1.36. The van der Waals surface area contributed by atoms with Gasteiger partial charge in [-0.1, -0.05) is 24.3 Å². The topological polar surface area (TPSA) is 67.5 Å². The molecule has 0 aliphatic heterocycles. The van der Waals surface area contributed by atoms with Gasteiger partial charge >= 0.3 is 0 Å². The highest BCUT2D eigenvalue weighted by atomic mass is 16.3. The van der Waals surface area contributed by atoms with Gasteiger partial charge in [-0.25, -0.2) is 0 Å². The Morgan fingerprint density at radius 3 is 2.50 bits per heavy atom. The normalized spacial score (nSPS) is 12.5. The number of ketones is 1. The molecular formula is C16H8O4. The van der Waals surface area contributed by atoms with E-state index in [0.717, 1.165) is 0 Å². The van der Waals surface area contributed by atoms with Crippen LogP contribution in [0.25, 0.3) is 22.1 Å². The Labute approximate surface area is 112 Å². The van der Waals surface area contributed by atoms with Crippen LogP contribution < -0.4 is 5.43 Å². The lowest BCUT2D eigenvalue weighted by atomic mass is 10.1. The molecule has 0 amide bonds. The highest BCUT2D eigenvalue weighted by Gasteiger charge is 2.32. The van der Waals surface area contributed by atoms with Crippen LogP contribution in [0, 0.1) is 0 Å². The summed E-state index contributed by atoms with van der Waals surface area (Å²) in [7, 11) is 0. The minimum Gasteiger partial charge on any atom is -0.508 e. The first-order valence-corrected chi connectivity index (χ1v) is 6.11. The molecule has 2 aromatic carbocycles. The van der Waals surface area contributed by atoms with Crippen molar-refractivity contribution in [1.29, 1.82) is 0 Å². The van der Waals surface area contributed by atoms with Crippen molar-refractivity contribution in [3.05, 3.63) is 64.0 Å². The lowest BCUT2D eigenvalue weighted by Crippen LogP contribution is -2.06. The lowest BCUT2D eigenvalue weighted by molar-refractivity contribution is 0.102. The van der Waals surface area contributed by atoms with Crippen molar-refractivity contribution in [2.45, 2.75) is 0 Å². The number of phenols is 1. The summed E-state index contributed by atoms with van der Waals surface area (Å²) < 4.78 is 5.55. The first kappa shape index (κ1) is 11.0. The molecule has 0 atom stereocenters. The van der Waals surface area contributed by atoms with Crippen LogP contribution in [-0.2, 0) is 0 Å². The third-order valence-corrected chi connectivity index (χ3v) is 3.52. The highest BCUT2D eigenvalue weighted by Crippen LogP contribution is 2.36. The molecule has 4 nitrogen and oxygen atoms in total. The van der Waals surface area contributed by atoms with Crippen molar-refractivity contribution in [2.75, 3.05) is 0 Å². The number of hydrogen-bond acceptors (Lipinski definition) is 4. The second-order valence-corrected chi connectivity index (χ2v) is 4.69. The molecule has 1 aromatic heterocycles. The van der Waals surface area contributed by atoms with Gasteiger partial charge in [0.05, 0.1) is 10.9 Å². The zero-order valence-electron chi connectivity index (χ0n) is 10.2. The van der Waals surface area contributed by atoms with E-state index >= 15 is 0 Å². The summed E-state index contributed by atoms with van der Waals surface area (Å²) in [5.74, 6) is -0.254. The van der Waals surface area contributed by atoms with Crippen LogP contribution in [0.4, 0.5) is 0 Å². The Hall–Kier alpha value is -2.88. The predicted octanol–water partition coefficient (Wildman–Crippen LogP) is 2.71. The lowest BCUT2D eigenvalue weighted by Gasteiger charge is -2.02. The molecule has 96 valence electrons. The van der Waals surface area contributed by atoms with Gasteiger partial charge in [-0.2, -0.15) is 0 Å².